The molecule has 3 fully saturated rings. The highest BCUT2D eigenvalue weighted by atomic mass is 32.1. The van der Waals surface area contributed by atoms with Crippen LogP contribution in [0.2, 0.25) is 0 Å². The van der Waals surface area contributed by atoms with Crippen molar-refractivity contribution in [3.63, 3.8) is 0 Å². The van der Waals surface area contributed by atoms with Crippen molar-refractivity contribution in [3.8, 4) is 0 Å². The van der Waals surface area contributed by atoms with Gasteiger partial charge in [0.05, 0.1) is 25.8 Å². The van der Waals surface area contributed by atoms with E-state index in [-0.39, 0.29) is 30.4 Å². The minimum absolute atomic E-state index is 0.0487. The van der Waals surface area contributed by atoms with E-state index in [4.69, 9.17) is 17.0 Å². The number of hydrogen-bond acceptors (Lipinski definition) is 5. The molecule has 8 nitrogen and oxygen atoms in total. The zero-order chi connectivity index (χ0) is 26.0. The molecule has 2 heterocycles. The smallest absolute Gasteiger partial charge is 0.249 e. The second-order valence-corrected chi connectivity index (χ2v) is 10.8. The normalized spacial score (nSPS) is 19.9. The van der Waals surface area contributed by atoms with Crippen LogP contribution >= 0.6 is 12.2 Å². The van der Waals surface area contributed by atoms with Gasteiger partial charge in [0.15, 0.2) is 5.11 Å². The average molecular weight is 522 g/mol. The number of rotatable bonds is 8. The predicted molar refractivity (Wildman–Crippen MR) is 149 cm³/mol. The number of morpholine rings is 1. The molecule has 0 aromatic heterocycles. The molecule has 2 aromatic rings. The average Bonchev–Trinajstić information content (AvgIpc) is 3.67. The zero-order valence-electron chi connectivity index (χ0n) is 21.5. The van der Waals surface area contributed by atoms with Crippen LogP contribution in [0, 0.1) is 0 Å². The maximum absolute atomic E-state index is 13.6. The number of nitrogens with zero attached hydrogens (tertiary/aromatic N) is 3. The van der Waals surface area contributed by atoms with Crippen molar-refractivity contribution in [2.75, 3.05) is 49.6 Å². The third-order valence-electron chi connectivity index (χ3n) is 7.36. The van der Waals surface area contributed by atoms with Crippen molar-refractivity contribution in [2.24, 2.45) is 0 Å². The van der Waals surface area contributed by atoms with Gasteiger partial charge in [-0.05, 0) is 68.7 Å². The number of benzene rings is 2. The fraction of sp³-hybridized carbons (Fsp3) is 0.464. The molecule has 2 aromatic carbocycles. The van der Waals surface area contributed by atoms with Gasteiger partial charge in [-0.25, -0.2) is 0 Å². The van der Waals surface area contributed by atoms with Crippen LogP contribution in [-0.4, -0.2) is 77.7 Å². The van der Waals surface area contributed by atoms with Crippen molar-refractivity contribution < 1.29 is 14.3 Å². The summed E-state index contributed by atoms with van der Waals surface area (Å²) in [6.07, 6.45) is 1.82. The summed E-state index contributed by atoms with van der Waals surface area (Å²) in [6.45, 7) is 7.60. The van der Waals surface area contributed by atoms with Gasteiger partial charge in [-0.3, -0.25) is 9.59 Å². The maximum atomic E-state index is 13.6. The molecule has 0 spiro atoms. The molecule has 2 amide bonds. The Kier molecular flexibility index (Phi) is 7.35. The Hall–Kier alpha value is -3.17. The Balaban J connectivity index is 1.23. The van der Waals surface area contributed by atoms with Gasteiger partial charge in [-0.1, -0.05) is 30.3 Å². The number of carbonyl (C=O) groups excluding carboxylic acids is 2. The molecular formula is C28H35N5O3S. The van der Waals surface area contributed by atoms with Crippen LogP contribution in [0.5, 0.6) is 0 Å². The van der Waals surface area contributed by atoms with Crippen LogP contribution in [0.25, 0.3) is 0 Å². The SMILES string of the molecule is CC(C)(C(=O)Nc1ccc(N2CCOCC2)cc1)N(C(=O)CN1C[C@@H](c2ccccc2)NC1=S)C1CC1. The second-order valence-electron chi connectivity index (χ2n) is 10.4. The van der Waals surface area contributed by atoms with Crippen molar-refractivity contribution >= 4 is 40.5 Å². The highest BCUT2D eigenvalue weighted by molar-refractivity contribution is 7.80. The molecule has 2 N–H and O–H groups in total. The van der Waals surface area contributed by atoms with Crippen LogP contribution in [-0.2, 0) is 14.3 Å². The molecule has 1 saturated carbocycles. The van der Waals surface area contributed by atoms with Gasteiger partial charge < -0.3 is 30.1 Å². The van der Waals surface area contributed by atoms with Gasteiger partial charge >= 0.3 is 0 Å². The number of nitrogens with one attached hydrogen (secondary N) is 2. The van der Waals surface area contributed by atoms with Gasteiger partial charge in [-0.15, -0.1) is 0 Å². The van der Waals surface area contributed by atoms with Gasteiger partial charge in [0.2, 0.25) is 11.8 Å². The molecule has 37 heavy (non-hydrogen) atoms. The first-order valence-electron chi connectivity index (χ1n) is 13.0. The van der Waals surface area contributed by atoms with E-state index in [9.17, 15) is 9.59 Å². The van der Waals surface area contributed by atoms with E-state index in [1.54, 1.807) is 4.90 Å². The topological polar surface area (TPSA) is 77.2 Å². The quantitative estimate of drug-likeness (QED) is 0.517. The first-order chi connectivity index (χ1) is 17.8. The van der Waals surface area contributed by atoms with Crippen molar-refractivity contribution in [3.05, 3.63) is 60.2 Å². The first-order valence-corrected chi connectivity index (χ1v) is 13.4. The molecule has 9 heteroatoms. The van der Waals surface area contributed by atoms with E-state index < -0.39 is 5.54 Å². The number of hydrogen-bond donors (Lipinski definition) is 2. The predicted octanol–water partition coefficient (Wildman–Crippen LogP) is 3.16. The molecule has 2 saturated heterocycles. The van der Waals surface area contributed by atoms with E-state index in [1.165, 1.54) is 0 Å². The molecular weight excluding hydrogens is 486 g/mol. The molecule has 196 valence electrons. The largest absolute Gasteiger partial charge is 0.378 e. The van der Waals surface area contributed by atoms with Gasteiger partial charge in [0.1, 0.15) is 5.54 Å². The Bertz CT molecular complexity index is 1130. The van der Waals surface area contributed by atoms with Crippen LogP contribution < -0.4 is 15.5 Å². The molecule has 5 rings (SSSR count). The third-order valence-corrected chi connectivity index (χ3v) is 7.73. The number of anilines is 2. The van der Waals surface area contributed by atoms with E-state index in [1.807, 2.05) is 61.2 Å². The van der Waals surface area contributed by atoms with Crippen LogP contribution in [0.15, 0.2) is 54.6 Å². The number of carbonyl (C=O) groups is 2. The van der Waals surface area contributed by atoms with E-state index in [2.05, 4.69) is 27.7 Å². The Morgan fingerprint density at radius 1 is 1.08 bits per heavy atom. The lowest BCUT2D eigenvalue weighted by atomic mass is 10.00. The molecule has 0 bridgehead atoms. The van der Waals surface area contributed by atoms with Gasteiger partial charge in [0.25, 0.3) is 0 Å². The summed E-state index contributed by atoms with van der Waals surface area (Å²) in [5, 5.41) is 6.93. The lowest BCUT2D eigenvalue weighted by molar-refractivity contribution is -0.144. The lowest BCUT2D eigenvalue weighted by Gasteiger charge is -2.38. The third kappa shape index (κ3) is 5.72. The van der Waals surface area contributed by atoms with E-state index >= 15 is 0 Å². The molecule has 1 atom stereocenters. The summed E-state index contributed by atoms with van der Waals surface area (Å²) < 4.78 is 5.43. The molecule has 2 aliphatic heterocycles. The van der Waals surface area contributed by atoms with Crippen molar-refractivity contribution in [1.82, 2.24) is 15.1 Å². The van der Waals surface area contributed by atoms with Crippen molar-refractivity contribution in [2.45, 2.75) is 44.3 Å². The Labute approximate surface area is 223 Å². The molecule has 3 aliphatic rings. The highest BCUT2D eigenvalue weighted by Crippen LogP contribution is 2.34. The highest BCUT2D eigenvalue weighted by Gasteiger charge is 2.46. The second kappa shape index (κ2) is 10.7. The molecule has 1 aliphatic carbocycles. The van der Waals surface area contributed by atoms with E-state index in [0.717, 1.165) is 50.4 Å². The van der Waals surface area contributed by atoms with Gasteiger partial charge in [0, 0.05) is 37.1 Å². The standard InChI is InChI=1S/C28H35N5O3S/c1-28(2,26(35)29-21-8-10-22(11-9-21)31-14-16-36-17-15-31)33(23-12-13-23)25(34)19-32-18-24(30-27(32)37)20-6-4-3-5-7-20/h3-11,23-24H,12-19H2,1-2H3,(H,29,35)(H,30,37)/t24-/m0/s1. The summed E-state index contributed by atoms with van der Waals surface area (Å²) in [7, 11) is 0. The van der Waals surface area contributed by atoms with Crippen LogP contribution in [0.3, 0.4) is 0 Å². The summed E-state index contributed by atoms with van der Waals surface area (Å²) in [5.41, 5.74) is 1.96. The monoisotopic (exact) mass is 521 g/mol. The van der Waals surface area contributed by atoms with E-state index in [0.29, 0.717) is 17.3 Å². The number of thiocarbonyl (C=S) groups is 1. The van der Waals surface area contributed by atoms with Crippen molar-refractivity contribution in [1.29, 1.82) is 0 Å². The summed E-state index contributed by atoms with van der Waals surface area (Å²) in [6, 6.07) is 18.1. The molecule has 0 radical (unpaired) electrons. The number of amides is 2. The summed E-state index contributed by atoms with van der Waals surface area (Å²) in [5.74, 6) is -0.278. The molecule has 0 unspecified atom stereocenters. The minimum atomic E-state index is -1.01. The first kappa shape index (κ1) is 25.5. The summed E-state index contributed by atoms with van der Waals surface area (Å²) >= 11 is 5.55. The fourth-order valence-electron chi connectivity index (χ4n) is 5.11. The maximum Gasteiger partial charge on any atom is 0.249 e. The van der Waals surface area contributed by atoms with Crippen LogP contribution in [0.4, 0.5) is 11.4 Å². The van der Waals surface area contributed by atoms with Crippen LogP contribution in [0.1, 0.15) is 38.3 Å². The Morgan fingerprint density at radius 2 is 1.76 bits per heavy atom. The Morgan fingerprint density at radius 3 is 2.41 bits per heavy atom. The minimum Gasteiger partial charge on any atom is -0.378 e. The lowest BCUT2D eigenvalue weighted by Crippen LogP contribution is -2.58. The van der Waals surface area contributed by atoms with Gasteiger partial charge in [-0.2, -0.15) is 0 Å². The number of ether oxygens (including phenoxy) is 1. The zero-order valence-corrected chi connectivity index (χ0v) is 22.3. The summed E-state index contributed by atoms with van der Waals surface area (Å²) in [4.78, 5) is 33.0. The fourth-order valence-corrected chi connectivity index (χ4v) is 5.40.